The summed E-state index contributed by atoms with van der Waals surface area (Å²) in [5.41, 5.74) is 5.79. The van der Waals surface area contributed by atoms with Crippen LogP contribution in [0.3, 0.4) is 0 Å². The molecule has 0 aliphatic carbocycles. The first kappa shape index (κ1) is 11.6. The van der Waals surface area contributed by atoms with E-state index in [1.54, 1.807) is 0 Å². The number of hydrogen-bond acceptors (Lipinski definition) is 4. The van der Waals surface area contributed by atoms with Crippen molar-refractivity contribution < 1.29 is 0 Å². The summed E-state index contributed by atoms with van der Waals surface area (Å²) in [4.78, 5) is 10.7. The first-order chi connectivity index (χ1) is 7.61. The van der Waals surface area contributed by atoms with Crippen LogP contribution in [-0.2, 0) is 0 Å². The quantitative estimate of drug-likeness (QED) is 0.906. The highest BCUT2D eigenvalue weighted by Gasteiger charge is 2.29. The fourth-order valence-electron chi connectivity index (χ4n) is 2.32. The van der Waals surface area contributed by atoms with Crippen molar-refractivity contribution in [3.63, 3.8) is 0 Å². The van der Waals surface area contributed by atoms with Gasteiger partial charge in [0, 0.05) is 12.6 Å². The lowest BCUT2D eigenvalue weighted by molar-refractivity contribution is 0.489. The smallest absolute Gasteiger partial charge is 0.148 e. The van der Waals surface area contributed by atoms with Crippen LogP contribution >= 0.6 is 15.9 Å². The normalized spacial score (nSPS) is 20.8. The van der Waals surface area contributed by atoms with Gasteiger partial charge in [-0.2, -0.15) is 0 Å². The number of anilines is 2. The van der Waals surface area contributed by atoms with Crippen LogP contribution in [0, 0.1) is 5.92 Å². The second-order valence-corrected chi connectivity index (χ2v) is 5.34. The van der Waals surface area contributed by atoms with Gasteiger partial charge < -0.3 is 10.6 Å². The molecule has 2 rings (SSSR count). The maximum absolute atomic E-state index is 5.79. The molecule has 1 aliphatic rings. The molecule has 1 aromatic heterocycles. The van der Waals surface area contributed by atoms with Gasteiger partial charge in [-0.15, -0.1) is 0 Å². The van der Waals surface area contributed by atoms with Gasteiger partial charge in [-0.3, -0.25) is 0 Å². The number of nitrogen functional groups attached to an aromatic ring is 1. The van der Waals surface area contributed by atoms with Gasteiger partial charge in [-0.1, -0.05) is 13.8 Å². The first-order valence-corrected chi connectivity index (χ1v) is 6.43. The molecule has 0 amide bonds. The second kappa shape index (κ2) is 4.57. The van der Waals surface area contributed by atoms with Crippen LogP contribution in [-0.4, -0.2) is 22.6 Å². The number of nitrogens with zero attached hydrogens (tertiary/aromatic N) is 3. The van der Waals surface area contributed by atoms with Crippen molar-refractivity contribution in [1.29, 1.82) is 0 Å². The monoisotopic (exact) mass is 284 g/mol. The number of aromatic nitrogens is 2. The highest BCUT2D eigenvalue weighted by atomic mass is 79.9. The van der Waals surface area contributed by atoms with Crippen molar-refractivity contribution in [2.45, 2.75) is 32.7 Å². The molecular formula is C11H17BrN4. The largest absolute Gasteiger partial charge is 0.383 e. The van der Waals surface area contributed by atoms with E-state index in [4.69, 9.17) is 5.73 Å². The number of halogens is 1. The summed E-state index contributed by atoms with van der Waals surface area (Å²) in [6.45, 7) is 5.56. The Bertz CT molecular complexity index is 380. The van der Waals surface area contributed by atoms with E-state index in [9.17, 15) is 0 Å². The zero-order valence-corrected chi connectivity index (χ0v) is 11.2. The molecule has 1 unspecified atom stereocenters. The molecule has 88 valence electrons. The number of nitrogens with two attached hydrogens (primary N) is 1. The molecule has 1 atom stereocenters. The fourth-order valence-corrected chi connectivity index (χ4v) is 2.76. The lowest BCUT2D eigenvalue weighted by Gasteiger charge is -2.29. The van der Waals surface area contributed by atoms with Gasteiger partial charge in [0.1, 0.15) is 22.4 Å². The molecule has 0 saturated carbocycles. The molecule has 1 aromatic rings. The van der Waals surface area contributed by atoms with Gasteiger partial charge in [0.2, 0.25) is 0 Å². The third-order valence-electron chi connectivity index (χ3n) is 3.14. The topological polar surface area (TPSA) is 55.0 Å². The highest BCUT2D eigenvalue weighted by Crippen LogP contribution is 2.34. The summed E-state index contributed by atoms with van der Waals surface area (Å²) in [5, 5.41) is 0. The zero-order chi connectivity index (χ0) is 11.7. The lowest BCUT2D eigenvalue weighted by Crippen LogP contribution is -2.34. The predicted molar refractivity (Wildman–Crippen MR) is 69.4 cm³/mol. The summed E-state index contributed by atoms with van der Waals surface area (Å²) in [7, 11) is 0. The van der Waals surface area contributed by atoms with E-state index in [0.717, 1.165) is 16.8 Å². The van der Waals surface area contributed by atoms with Gasteiger partial charge in [-0.25, -0.2) is 9.97 Å². The number of hydrogen-bond donors (Lipinski definition) is 1. The lowest BCUT2D eigenvalue weighted by atomic mass is 10.0. The summed E-state index contributed by atoms with van der Waals surface area (Å²) >= 11 is 3.48. The van der Waals surface area contributed by atoms with Crippen molar-refractivity contribution in [2.24, 2.45) is 5.92 Å². The van der Waals surface area contributed by atoms with Crippen LogP contribution in [0.15, 0.2) is 10.8 Å². The maximum atomic E-state index is 5.79. The van der Waals surface area contributed by atoms with E-state index in [1.807, 2.05) is 0 Å². The van der Waals surface area contributed by atoms with E-state index in [0.29, 0.717) is 17.8 Å². The van der Waals surface area contributed by atoms with Gasteiger partial charge in [0.05, 0.1) is 0 Å². The molecule has 1 fully saturated rings. The molecular weight excluding hydrogens is 268 g/mol. The molecule has 0 aromatic carbocycles. The zero-order valence-electron chi connectivity index (χ0n) is 9.65. The number of rotatable bonds is 2. The summed E-state index contributed by atoms with van der Waals surface area (Å²) < 4.78 is 0.822. The van der Waals surface area contributed by atoms with E-state index in [-0.39, 0.29) is 0 Å². The molecule has 5 heteroatoms. The Kier molecular flexibility index (Phi) is 3.33. The van der Waals surface area contributed by atoms with Crippen molar-refractivity contribution >= 4 is 27.6 Å². The van der Waals surface area contributed by atoms with Crippen LogP contribution in [0.4, 0.5) is 11.6 Å². The Balaban J connectivity index is 2.33. The molecule has 0 bridgehead atoms. The molecule has 4 nitrogen and oxygen atoms in total. The third kappa shape index (κ3) is 2.00. The minimum atomic E-state index is 0.513. The average molecular weight is 285 g/mol. The molecule has 0 spiro atoms. The van der Waals surface area contributed by atoms with Gasteiger partial charge >= 0.3 is 0 Å². The second-order valence-electron chi connectivity index (χ2n) is 4.54. The Morgan fingerprint density at radius 3 is 2.94 bits per heavy atom. The summed E-state index contributed by atoms with van der Waals surface area (Å²) in [6.07, 6.45) is 3.98. The molecule has 2 heterocycles. The van der Waals surface area contributed by atoms with Gasteiger partial charge in [0.15, 0.2) is 0 Å². The van der Waals surface area contributed by atoms with E-state index < -0.39 is 0 Å². The first-order valence-electron chi connectivity index (χ1n) is 5.64. The molecule has 1 aliphatic heterocycles. The van der Waals surface area contributed by atoms with E-state index in [2.05, 4.69) is 44.6 Å². The molecule has 16 heavy (non-hydrogen) atoms. The van der Waals surface area contributed by atoms with Crippen molar-refractivity contribution in [2.75, 3.05) is 17.2 Å². The van der Waals surface area contributed by atoms with Crippen molar-refractivity contribution in [3.8, 4) is 0 Å². The van der Waals surface area contributed by atoms with Crippen molar-refractivity contribution in [3.05, 3.63) is 10.8 Å². The minimum Gasteiger partial charge on any atom is -0.383 e. The Labute approximate surface area is 104 Å². The van der Waals surface area contributed by atoms with Gasteiger partial charge in [-0.05, 0) is 34.7 Å². The van der Waals surface area contributed by atoms with Crippen LogP contribution in [0.5, 0.6) is 0 Å². The van der Waals surface area contributed by atoms with E-state index in [1.165, 1.54) is 19.2 Å². The van der Waals surface area contributed by atoms with Crippen LogP contribution in [0.25, 0.3) is 0 Å². The summed E-state index contributed by atoms with van der Waals surface area (Å²) in [5.74, 6) is 2.08. The Morgan fingerprint density at radius 1 is 1.50 bits per heavy atom. The third-order valence-corrected chi connectivity index (χ3v) is 3.90. The summed E-state index contributed by atoms with van der Waals surface area (Å²) in [6, 6.07) is 0.561. The SMILES string of the molecule is CC(C)C1CCCN1c1ncnc(N)c1Br. The van der Waals surface area contributed by atoms with E-state index >= 15 is 0 Å². The van der Waals surface area contributed by atoms with Crippen molar-refractivity contribution in [1.82, 2.24) is 9.97 Å². The molecule has 2 N–H and O–H groups in total. The average Bonchev–Trinajstić information content (AvgIpc) is 2.70. The van der Waals surface area contributed by atoms with Crippen LogP contribution in [0.1, 0.15) is 26.7 Å². The maximum Gasteiger partial charge on any atom is 0.148 e. The molecule has 0 radical (unpaired) electrons. The standard InChI is InChI=1S/C11H17BrN4/c1-7(2)8-4-3-5-16(8)11-9(12)10(13)14-6-15-11/h6-8H,3-5H2,1-2H3,(H2,13,14,15). The Morgan fingerprint density at radius 2 is 2.25 bits per heavy atom. The fraction of sp³-hybridized carbons (Fsp3) is 0.636. The molecule has 1 saturated heterocycles. The van der Waals surface area contributed by atoms with Gasteiger partial charge in [0.25, 0.3) is 0 Å². The Hall–Kier alpha value is -0.840. The predicted octanol–water partition coefficient (Wildman–Crippen LogP) is 2.45. The van der Waals surface area contributed by atoms with Crippen LogP contribution in [0.2, 0.25) is 0 Å². The highest BCUT2D eigenvalue weighted by molar-refractivity contribution is 9.10. The minimum absolute atomic E-state index is 0.513. The van der Waals surface area contributed by atoms with Crippen LogP contribution < -0.4 is 10.6 Å².